The highest BCUT2D eigenvalue weighted by Gasteiger charge is 2.28. The van der Waals surface area contributed by atoms with Gasteiger partial charge in [0.2, 0.25) is 0 Å². The molecular formula is C18H17F2NO2. The number of carbonyl (C=O) groups is 1. The van der Waals surface area contributed by atoms with Gasteiger partial charge in [-0.25, -0.2) is 0 Å². The van der Waals surface area contributed by atoms with Crippen molar-refractivity contribution in [3.8, 4) is 5.75 Å². The Morgan fingerprint density at radius 2 is 1.87 bits per heavy atom. The van der Waals surface area contributed by atoms with Crippen molar-refractivity contribution < 1.29 is 18.3 Å². The molecule has 5 heteroatoms. The molecule has 1 amide bonds. The van der Waals surface area contributed by atoms with Crippen molar-refractivity contribution in [1.82, 2.24) is 0 Å². The number of halogens is 2. The van der Waals surface area contributed by atoms with Gasteiger partial charge in [0, 0.05) is 17.3 Å². The monoisotopic (exact) mass is 317 g/mol. The molecule has 120 valence electrons. The number of rotatable bonds is 3. The summed E-state index contributed by atoms with van der Waals surface area (Å²) in [5, 5.41) is 0. The number of anilines is 1. The number of hydrogen-bond donors (Lipinski definition) is 0. The van der Waals surface area contributed by atoms with Crippen LogP contribution in [0.5, 0.6) is 5.75 Å². The van der Waals surface area contributed by atoms with Gasteiger partial charge in [0.15, 0.2) is 0 Å². The van der Waals surface area contributed by atoms with Gasteiger partial charge in [-0.15, -0.1) is 0 Å². The number of ether oxygens (including phenoxy) is 1. The minimum atomic E-state index is -2.87. The van der Waals surface area contributed by atoms with Crippen LogP contribution in [0, 0.1) is 0 Å². The lowest BCUT2D eigenvalue weighted by atomic mass is 9.96. The first-order chi connectivity index (χ1) is 11.1. The molecule has 1 aliphatic heterocycles. The van der Waals surface area contributed by atoms with Gasteiger partial charge in [0.25, 0.3) is 5.91 Å². The lowest BCUT2D eigenvalue weighted by molar-refractivity contribution is -0.0498. The highest BCUT2D eigenvalue weighted by Crippen LogP contribution is 2.32. The highest BCUT2D eigenvalue weighted by molar-refractivity contribution is 6.07. The molecular weight excluding hydrogens is 300 g/mol. The van der Waals surface area contributed by atoms with Crippen molar-refractivity contribution in [2.75, 3.05) is 4.90 Å². The van der Waals surface area contributed by atoms with E-state index in [1.807, 2.05) is 31.2 Å². The SMILES string of the molecule is CC1CCc2ccccc2N1C(=O)c1ccc(OC(F)F)cc1. The number of carbonyl (C=O) groups excluding carboxylic acids is 1. The number of alkyl halides is 2. The van der Waals surface area contributed by atoms with Gasteiger partial charge in [-0.05, 0) is 55.7 Å². The topological polar surface area (TPSA) is 29.5 Å². The predicted octanol–water partition coefficient (Wildman–Crippen LogP) is 4.27. The van der Waals surface area contributed by atoms with E-state index in [4.69, 9.17) is 0 Å². The summed E-state index contributed by atoms with van der Waals surface area (Å²) in [5.74, 6) is -0.0862. The molecule has 3 rings (SSSR count). The molecule has 2 aromatic rings. The Balaban J connectivity index is 1.88. The Bertz CT molecular complexity index is 700. The Kier molecular flexibility index (Phi) is 4.28. The average Bonchev–Trinajstić information content (AvgIpc) is 2.54. The Labute approximate surface area is 133 Å². The van der Waals surface area contributed by atoms with E-state index in [-0.39, 0.29) is 17.7 Å². The van der Waals surface area contributed by atoms with Crippen LogP contribution in [0.4, 0.5) is 14.5 Å². The molecule has 3 nitrogen and oxygen atoms in total. The van der Waals surface area contributed by atoms with Crippen LogP contribution in [0.1, 0.15) is 29.3 Å². The molecule has 2 aromatic carbocycles. The van der Waals surface area contributed by atoms with Gasteiger partial charge in [-0.3, -0.25) is 4.79 Å². The summed E-state index contributed by atoms with van der Waals surface area (Å²) < 4.78 is 28.7. The van der Waals surface area contributed by atoms with E-state index in [2.05, 4.69) is 4.74 Å². The summed E-state index contributed by atoms with van der Waals surface area (Å²) in [5.41, 5.74) is 2.52. The van der Waals surface area contributed by atoms with Crippen molar-refractivity contribution in [3.05, 3.63) is 59.7 Å². The normalized spacial score (nSPS) is 17.0. The third-order valence-electron chi connectivity index (χ3n) is 4.07. The molecule has 1 aliphatic rings. The molecule has 0 spiro atoms. The van der Waals surface area contributed by atoms with Crippen molar-refractivity contribution in [3.63, 3.8) is 0 Å². The zero-order valence-corrected chi connectivity index (χ0v) is 12.7. The van der Waals surface area contributed by atoms with E-state index >= 15 is 0 Å². The maximum Gasteiger partial charge on any atom is 0.387 e. The third kappa shape index (κ3) is 3.18. The second kappa shape index (κ2) is 6.36. The van der Waals surface area contributed by atoms with Crippen LogP contribution in [-0.2, 0) is 6.42 Å². The number of benzene rings is 2. The summed E-state index contributed by atoms with van der Waals surface area (Å²) >= 11 is 0. The quantitative estimate of drug-likeness (QED) is 0.846. The molecule has 0 bridgehead atoms. The molecule has 0 aromatic heterocycles. The van der Waals surface area contributed by atoms with Gasteiger partial charge in [0.05, 0.1) is 0 Å². The highest BCUT2D eigenvalue weighted by atomic mass is 19.3. The molecule has 1 heterocycles. The smallest absolute Gasteiger partial charge is 0.387 e. The van der Waals surface area contributed by atoms with Crippen LogP contribution in [0.15, 0.2) is 48.5 Å². The fourth-order valence-electron chi connectivity index (χ4n) is 2.92. The molecule has 1 atom stereocenters. The van der Waals surface area contributed by atoms with Crippen LogP contribution in [-0.4, -0.2) is 18.6 Å². The molecule has 0 fully saturated rings. The van der Waals surface area contributed by atoms with Gasteiger partial charge in [0.1, 0.15) is 5.75 Å². The molecule has 0 aliphatic carbocycles. The lowest BCUT2D eigenvalue weighted by Gasteiger charge is -2.35. The van der Waals surface area contributed by atoms with Gasteiger partial charge >= 0.3 is 6.61 Å². The largest absolute Gasteiger partial charge is 0.435 e. The van der Waals surface area contributed by atoms with E-state index in [1.165, 1.54) is 24.3 Å². The molecule has 1 unspecified atom stereocenters. The average molecular weight is 317 g/mol. The maximum atomic E-state index is 12.8. The Morgan fingerprint density at radius 3 is 2.57 bits per heavy atom. The van der Waals surface area contributed by atoms with Crippen molar-refractivity contribution in [2.24, 2.45) is 0 Å². The number of nitrogens with zero attached hydrogens (tertiary/aromatic N) is 1. The number of fused-ring (bicyclic) bond motifs is 1. The third-order valence-corrected chi connectivity index (χ3v) is 4.07. The molecule has 0 N–H and O–H groups in total. The van der Waals surface area contributed by atoms with E-state index in [9.17, 15) is 13.6 Å². The predicted molar refractivity (Wildman–Crippen MR) is 84.1 cm³/mol. The van der Waals surface area contributed by atoms with E-state index in [0.717, 1.165) is 24.1 Å². The maximum absolute atomic E-state index is 12.8. The fourth-order valence-corrected chi connectivity index (χ4v) is 2.92. The van der Waals surface area contributed by atoms with Crippen LogP contribution in [0.3, 0.4) is 0 Å². The van der Waals surface area contributed by atoms with E-state index in [0.29, 0.717) is 5.56 Å². The van der Waals surface area contributed by atoms with Gasteiger partial charge in [-0.1, -0.05) is 18.2 Å². The number of para-hydroxylation sites is 1. The van der Waals surface area contributed by atoms with Crippen molar-refractivity contribution in [2.45, 2.75) is 32.4 Å². The standard InChI is InChI=1S/C18H17F2NO2/c1-12-6-7-13-4-2-3-5-16(13)21(12)17(22)14-8-10-15(11-9-14)23-18(19)20/h2-5,8-12,18H,6-7H2,1H3. The van der Waals surface area contributed by atoms with Gasteiger partial charge < -0.3 is 9.64 Å². The number of aryl methyl sites for hydroxylation is 1. The summed E-state index contributed by atoms with van der Waals surface area (Å²) in [6, 6.07) is 13.8. The van der Waals surface area contributed by atoms with Crippen LogP contribution in [0.25, 0.3) is 0 Å². The fraction of sp³-hybridized carbons (Fsp3) is 0.278. The second-order valence-electron chi connectivity index (χ2n) is 5.59. The summed E-state index contributed by atoms with van der Waals surface area (Å²) in [7, 11) is 0. The molecule has 0 saturated heterocycles. The Morgan fingerprint density at radius 1 is 1.17 bits per heavy atom. The molecule has 0 radical (unpaired) electrons. The first kappa shape index (κ1) is 15.5. The summed E-state index contributed by atoms with van der Waals surface area (Å²) in [6.45, 7) is -0.854. The summed E-state index contributed by atoms with van der Waals surface area (Å²) in [6.07, 6.45) is 1.84. The summed E-state index contributed by atoms with van der Waals surface area (Å²) in [4.78, 5) is 14.6. The minimum Gasteiger partial charge on any atom is -0.435 e. The Hall–Kier alpha value is -2.43. The van der Waals surface area contributed by atoms with Gasteiger partial charge in [-0.2, -0.15) is 8.78 Å². The van der Waals surface area contributed by atoms with Crippen molar-refractivity contribution in [1.29, 1.82) is 0 Å². The zero-order valence-electron chi connectivity index (χ0n) is 12.7. The van der Waals surface area contributed by atoms with E-state index in [1.54, 1.807) is 4.90 Å². The second-order valence-corrected chi connectivity index (χ2v) is 5.59. The first-order valence-electron chi connectivity index (χ1n) is 7.52. The number of amides is 1. The first-order valence-corrected chi connectivity index (χ1v) is 7.52. The molecule has 23 heavy (non-hydrogen) atoms. The zero-order chi connectivity index (χ0) is 16.4. The van der Waals surface area contributed by atoms with Crippen LogP contribution < -0.4 is 9.64 Å². The molecule has 0 saturated carbocycles. The number of hydrogen-bond acceptors (Lipinski definition) is 2. The van der Waals surface area contributed by atoms with Crippen LogP contribution in [0.2, 0.25) is 0 Å². The van der Waals surface area contributed by atoms with Crippen LogP contribution >= 0.6 is 0 Å². The van der Waals surface area contributed by atoms with Crippen molar-refractivity contribution >= 4 is 11.6 Å². The van der Waals surface area contributed by atoms with E-state index < -0.39 is 6.61 Å². The minimum absolute atomic E-state index is 0.0450. The lowest BCUT2D eigenvalue weighted by Crippen LogP contribution is -2.42.